The van der Waals surface area contributed by atoms with Gasteiger partial charge >= 0.3 is 5.97 Å². The maximum absolute atomic E-state index is 12.4. The lowest BCUT2D eigenvalue weighted by Gasteiger charge is -2.22. The van der Waals surface area contributed by atoms with E-state index in [0.29, 0.717) is 25.9 Å². The fourth-order valence-electron chi connectivity index (χ4n) is 12.0. The number of esters is 1. The predicted octanol–water partition coefficient (Wildman–Crippen LogP) is 24.5. The van der Waals surface area contributed by atoms with E-state index in [9.17, 15) is 19.8 Å². The van der Waals surface area contributed by atoms with Gasteiger partial charge in [-0.3, -0.25) is 9.59 Å². The molecule has 6 heteroatoms. The zero-order valence-electron chi connectivity index (χ0n) is 55.8. The molecule has 0 saturated heterocycles. The van der Waals surface area contributed by atoms with E-state index >= 15 is 0 Å². The summed E-state index contributed by atoms with van der Waals surface area (Å²) in [5.41, 5.74) is 0. The van der Waals surface area contributed by atoms with Crippen LogP contribution in [-0.4, -0.2) is 47.4 Å². The zero-order valence-corrected chi connectivity index (χ0v) is 55.8. The summed E-state index contributed by atoms with van der Waals surface area (Å²) in [5.74, 6) is -0.00737. The first-order valence-corrected chi connectivity index (χ1v) is 37.6. The van der Waals surface area contributed by atoms with Crippen molar-refractivity contribution in [3.8, 4) is 0 Å². The highest BCUT2D eigenvalue weighted by Gasteiger charge is 2.20. The molecule has 0 fully saturated rings. The molecule has 0 aromatic heterocycles. The first-order valence-electron chi connectivity index (χ1n) is 37.6. The van der Waals surface area contributed by atoms with E-state index in [4.69, 9.17) is 4.74 Å². The molecule has 0 aliphatic heterocycles. The Bertz CT molecular complexity index is 1280. The predicted molar refractivity (Wildman–Crippen MR) is 361 cm³/mol. The lowest BCUT2D eigenvalue weighted by atomic mass is 10.0. The number of allylic oxidation sites excluding steroid dienone is 4. The molecule has 486 valence electrons. The Labute approximate surface area is 513 Å². The highest BCUT2D eigenvalue weighted by molar-refractivity contribution is 5.76. The van der Waals surface area contributed by atoms with Crippen LogP contribution in [0.1, 0.15) is 425 Å². The second kappa shape index (κ2) is 71.8. The molecular weight excluding hydrogens is 1010 g/mol. The van der Waals surface area contributed by atoms with E-state index in [0.717, 1.165) is 44.9 Å². The molecule has 0 aromatic carbocycles. The number of rotatable bonds is 71. The minimum atomic E-state index is -0.659. The molecule has 0 spiro atoms. The molecule has 1 amide bonds. The van der Waals surface area contributed by atoms with Gasteiger partial charge in [0.2, 0.25) is 5.91 Å². The van der Waals surface area contributed by atoms with Crippen LogP contribution in [0.3, 0.4) is 0 Å². The van der Waals surface area contributed by atoms with Crippen LogP contribution >= 0.6 is 0 Å². The highest BCUT2D eigenvalue weighted by atomic mass is 16.5. The van der Waals surface area contributed by atoms with Gasteiger partial charge in [-0.2, -0.15) is 0 Å². The van der Waals surface area contributed by atoms with Crippen molar-refractivity contribution in [2.24, 2.45) is 0 Å². The number of ether oxygens (including phenoxy) is 1. The Morgan fingerprint density at radius 2 is 0.610 bits per heavy atom. The number of carbonyl (C=O) groups excluding carboxylic acids is 2. The van der Waals surface area contributed by atoms with Crippen molar-refractivity contribution in [3.63, 3.8) is 0 Å². The molecule has 82 heavy (non-hydrogen) atoms. The van der Waals surface area contributed by atoms with E-state index < -0.39 is 12.1 Å². The zero-order chi connectivity index (χ0) is 59.2. The molecule has 0 aromatic rings. The van der Waals surface area contributed by atoms with Crippen LogP contribution in [0.4, 0.5) is 0 Å². The minimum absolute atomic E-state index is 0.0250. The summed E-state index contributed by atoms with van der Waals surface area (Å²) in [4.78, 5) is 24.5. The molecule has 0 aliphatic rings. The van der Waals surface area contributed by atoms with Gasteiger partial charge in [0, 0.05) is 12.8 Å². The summed E-state index contributed by atoms with van der Waals surface area (Å²) >= 11 is 0. The van der Waals surface area contributed by atoms with Gasteiger partial charge in [-0.25, -0.2) is 0 Å². The molecule has 2 unspecified atom stereocenters. The van der Waals surface area contributed by atoms with Crippen molar-refractivity contribution < 1.29 is 24.5 Å². The molecule has 3 N–H and O–H groups in total. The number of nitrogens with one attached hydrogen (secondary N) is 1. The molecule has 0 rings (SSSR count). The Morgan fingerprint density at radius 3 is 0.927 bits per heavy atom. The van der Waals surface area contributed by atoms with Gasteiger partial charge in [-0.05, 0) is 57.8 Å². The van der Waals surface area contributed by atoms with Crippen LogP contribution in [-0.2, 0) is 14.3 Å². The number of hydrogen-bond donors (Lipinski definition) is 3. The molecule has 0 aliphatic carbocycles. The average Bonchev–Trinajstić information content (AvgIpc) is 3.48. The SMILES string of the molecule is CCCCCCCCCCCCCCCCCCCC(=O)OCCCCCCCCCCCCCCCCC/C=C\C/C=C\CCCCCCCCCCCCCCCCCCCC(=O)NC(CO)C(O)CCCCCCCCCCC. The second-order valence-electron chi connectivity index (χ2n) is 26.0. The van der Waals surface area contributed by atoms with Gasteiger partial charge in [-0.1, -0.05) is 378 Å². The van der Waals surface area contributed by atoms with Crippen LogP contribution in [0.2, 0.25) is 0 Å². The number of unbranched alkanes of at least 4 members (excludes halogenated alkanes) is 56. The molecule has 2 atom stereocenters. The van der Waals surface area contributed by atoms with E-state index in [1.54, 1.807) is 0 Å². The molecule has 6 nitrogen and oxygen atoms in total. The van der Waals surface area contributed by atoms with Crippen LogP contribution in [0.5, 0.6) is 0 Å². The number of aliphatic hydroxyl groups excluding tert-OH is 2. The van der Waals surface area contributed by atoms with Crippen molar-refractivity contribution in [2.75, 3.05) is 13.2 Å². The Morgan fingerprint density at radius 1 is 0.341 bits per heavy atom. The summed E-state index contributed by atoms with van der Waals surface area (Å²) < 4.78 is 5.51. The minimum Gasteiger partial charge on any atom is -0.466 e. The second-order valence-corrected chi connectivity index (χ2v) is 26.0. The van der Waals surface area contributed by atoms with Crippen LogP contribution < -0.4 is 5.32 Å². The quantitative estimate of drug-likeness (QED) is 0.0320. The van der Waals surface area contributed by atoms with Crippen molar-refractivity contribution in [3.05, 3.63) is 24.3 Å². The van der Waals surface area contributed by atoms with Gasteiger partial charge in [0.25, 0.3) is 0 Å². The van der Waals surface area contributed by atoms with E-state index in [-0.39, 0.29) is 18.5 Å². The average molecular weight is 1160 g/mol. The van der Waals surface area contributed by atoms with Crippen molar-refractivity contribution >= 4 is 11.9 Å². The Kier molecular flexibility index (Phi) is 70.4. The number of carbonyl (C=O) groups is 2. The molecular formula is C76H147NO5. The topological polar surface area (TPSA) is 95.9 Å². The lowest BCUT2D eigenvalue weighted by Crippen LogP contribution is -2.45. The monoisotopic (exact) mass is 1150 g/mol. The summed E-state index contributed by atoms with van der Waals surface area (Å²) in [6.45, 7) is 4.97. The fraction of sp³-hybridized carbons (Fsp3) is 0.921. The number of hydrogen-bond acceptors (Lipinski definition) is 5. The van der Waals surface area contributed by atoms with E-state index in [2.05, 4.69) is 43.5 Å². The first kappa shape index (κ1) is 80.3. The summed E-state index contributed by atoms with van der Waals surface area (Å²) in [7, 11) is 0. The van der Waals surface area contributed by atoms with Gasteiger partial charge in [0.05, 0.1) is 25.4 Å². The van der Waals surface area contributed by atoms with E-state index in [1.807, 2.05) is 0 Å². The van der Waals surface area contributed by atoms with Gasteiger partial charge in [0.1, 0.15) is 0 Å². The number of amides is 1. The molecule has 0 saturated carbocycles. The van der Waals surface area contributed by atoms with Crippen LogP contribution in [0.25, 0.3) is 0 Å². The molecule has 0 heterocycles. The lowest BCUT2D eigenvalue weighted by molar-refractivity contribution is -0.143. The number of aliphatic hydroxyl groups is 2. The largest absolute Gasteiger partial charge is 0.466 e. The highest BCUT2D eigenvalue weighted by Crippen LogP contribution is 2.19. The van der Waals surface area contributed by atoms with E-state index in [1.165, 1.54) is 347 Å². The fourth-order valence-corrected chi connectivity index (χ4v) is 12.0. The van der Waals surface area contributed by atoms with Gasteiger partial charge in [-0.15, -0.1) is 0 Å². The first-order chi connectivity index (χ1) is 40.5. The van der Waals surface area contributed by atoms with Gasteiger partial charge < -0.3 is 20.3 Å². The van der Waals surface area contributed by atoms with Gasteiger partial charge in [0.15, 0.2) is 0 Å². The van der Waals surface area contributed by atoms with Crippen molar-refractivity contribution in [2.45, 2.75) is 437 Å². The third-order valence-corrected chi connectivity index (χ3v) is 17.8. The molecule has 0 bridgehead atoms. The van der Waals surface area contributed by atoms with Crippen LogP contribution in [0.15, 0.2) is 24.3 Å². The van der Waals surface area contributed by atoms with Crippen molar-refractivity contribution in [1.82, 2.24) is 5.32 Å². The summed E-state index contributed by atoms with van der Waals surface area (Å²) in [6.07, 6.45) is 91.4. The molecule has 0 radical (unpaired) electrons. The normalized spacial score (nSPS) is 12.6. The maximum Gasteiger partial charge on any atom is 0.305 e. The maximum atomic E-state index is 12.4. The third-order valence-electron chi connectivity index (χ3n) is 17.8. The summed E-state index contributed by atoms with van der Waals surface area (Å²) in [5, 5.41) is 23.2. The Hall–Kier alpha value is -1.66. The smallest absolute Gasteiger partial charge is 0.305 e. The third kappa shape index (κ3) is 67.5. The van der Waals surface area contributed by atoms with Crippen LogP contribution in [0, 0.1) is 0 Å². The van der Waals surface area contributed by atoms with Crippen molar-refractivity contribution in [1.29, 1.82) is 0 Å². The Balaban J connectivity index is 3.31. The standard InChI is InChI=1S/C76H147NO5/c1-3-5-7-9-11-13-14-15-16-40-44-47-50-54-58-62-66-70-76(81)82-71-67-63-59-55-51-48-45-42-39-37-35-33-31-29-27-25-23-21-19-17-18-20-22-24-26-28-30-32-34-36-38-41-43-46-49-53-57-61-65-69-75(80)77-73(72-78)74(79)68-64-60-56-52-12-10-8-6-4-2/h17-18,21,23,73-74,78-79H,3-16,19-20,22,24-72H2,1-2H3,(H,77,80)/b18-17-,23-21-. The summed E-state index contributed by atoms with van der Waals surface area (Å²) in [6, 6.07) is -0.536.